The van der Waals surface area contributed by atoms with Gasteiger partial charge in [0.15, 0.2) is 0 Å². The molecule has 3 heterocycles. The lowest BCUT2D eigenvalue weighted by atomic mass is 9.95. The lowest BCUT2D eigenvalue weighted by Gasteiger charge is -2.36. The van der Waals surface area contributed by atoms with Gasteiger partial charge in [-0.3, -0.25) is 9.59 Å². The van der Waals surface area contributed by atoms with E-state index in [-0.39, 0.29) is 17.7 Å². The number of ether oxygens (including phenoxy) is 1. The summed E-state index contributed by atoms with van der Waals surface area (Å²) in [5.41, 5.74) is 1.71. The van der Waals surface area contributed by atoms with Crippen molar-refractivity contribution in [2.45, 2.75) is 19.8 Å². The predicted octanol–water partition coefficient (Wildman–Crippen LogP) is 1.04. The molecule has 0 aromatic carbocycles. The molecule has 2 saturated heterocycles. The first-order valence-corrected chi connectivity index (χ1v) is 8.35. The summed E-state index contributed by atoms with van der Waals surface area (Å²) < 4.78 is 7.26. The maximum absolute atomic E-state index is 12.7. The minimum absolute atomic E-state index is 0.0441. The van der Waals surface area contributed by atoms with Crippen molar-refractivity contribution >= 4 is 11.8 Å². The van der Waals surface area contributed by atoms with Gasteiger partial charge in [0, 0.05) is 45.1 Å². The molecule has 0 aliphatic carbocycles. The van der Waals surface area contributed by atoms with E-state index in [1.54, 1.807) is 0 Å². The smallest absolute Gasteiger partial charge is 0.255 e. The van der Waals surface area contributed by atoms with E-state index in [1.807, 2.05) is 40.6 Å². The second-order valence-electron chi connectivity index (χ2n) is 6.45. The highest BCUT2D eigenvalue weighted by molar-refractivity contribution is 5.96. The predicted molar refractivity (Wildman–Crippen MR) is 86.2 cm³/mol. The third-order valence-electron chi connectivity index (χ3n) is 4.99. The first-order valence-electron chi connectivity index (χ1n) is 8.35. The third-order valence-corrected chi connectivity index (χ3v) is 4.99. The number of likely N-dealkylation sites (tertiary alicyclic amines) is 1. The van der Waals surface area contributed by atoms with E-state index in [4.69, 9.17) is 4.74 Å². The Kier molecular flexibility index (Phi) is 4.71. The molecule has 1 aromatic rings. The molecular formula is C17H25N3O3. The highest BCUT2D eigenvalue weighted by Gasteiger charge is 2.32. The highest BCUT2D eigenvalue weighted by Crippen LogP contribution is 2.22. The van der Waals surface area contributed by atoms with Crippen molar-refractivity contribution < 1.29 is 14.3 Å². The Morgan fingerprint density at radius 1 is 1.17 bits per heavy atom. The molecule has 2 fully saturated rings. The van der Waals surface area contributed by atoms with Crippen molar-refractivity contribution in [3.8, 4) is 0 Å². The Balaban J connectivity index is 1.67. The molecule has 0 bridgehead atoms. The van der Waals surface area contributed by atoms with Gasteiger partial charge in [0.2, 0.25) is 5.91 Å². The van der Waals surface area contributed by atoms with Crippen molar-refractivity contribution in [2.24, 2.45) is 13.0 Å². The molecule has 3 rings (SSSR count). The summed E-state index contributed by atoms with van der Waals surface area (Å²) in [6, 6.07) is 1.87. The SMILES string of the molecule is Cc1c(C(=O)N2CCCC(C(=O)N3CCOCC3)C2)ccn1C. The average molecular weight is 319 g/mol. The van der Waals surface area contributed by atoms with E-state index >= 15 is 0 Å². The number of hydrogen-bond donors (Lipinski definition) is 0. The molecular weight excluding hydrogens is 294 g/mol. The molecule has 1 atom stereocenters. The summed E-state index contributed by atoms with van der Waals surface area (Å²) in [4.78, 5) is 29.1. The lowest BCUT2D eigenvalue weighted by Crippen LogP contribution is -2.49. The van der Waals surface area contributed by atoms with Crippen molar-refractivity contribution in [2.75, 3.05) is 39.4 Å². The van der Waals surface area contributed by atoms with Crippen LogP contribution in [0.2, 0.25) is 0 Å². The molecule has 1 unspecified atom stereocenters. The Hall–Kier alpha value is -1.82. The summed E-state index contributed by atoms with van der Waals surface area (Å²) >= 11 is 0. The fraction of sp³-hybridized carbons (Fsp3) is 0.647. The van der Waals surface area contributed by atoms with Crippen LogP contribution < -0.4 is 0 Å². The molecule has 126 valence electrons. The number of nitrogens with zero attached hydrogens (tertiary/aromatic N) is 3. The Bertz CT molecular complexity index is 590. The minimum atomic E-state index is -0.0742. The quantitative estimate of drug-likeness (QED) is 0.818. The van der Waals surface area contributed by atoms with Crippen LogP contribution in [0.5, 0.6) is 0 Å². The maximum atomic E-state index is 12.7. The topological polar surface area (TPSA) is 54.8 Å². The Labute approximate surface area is 137 Å². The first-order chi connectivity index (χ1) is 11.1. The number of amides is 2. The zero-order chi connectivity index (χ0) is 16.4. The van der Waals surface area contributed by atoms with Crippen LogP contribution in [0.15, 0.2) is 12.3 Å². The van der Waals surface area contributed by atoms with Gasteiger partial charge in [0.25, 0.3) is 5.91 Å². The van der Waals surface area contributed by atoms with Gasteiger partial charge in [-0.2, -0.15) is 0 Å². The van der Waals surface area contributed by atoms with Crippen LogP contribution in [0, 0.1) is 12.8 Å². The molecule has 1 aromatic heterocycles. The number of piperidine rings is 1. The second-order valence-corrected chi connectivity index (χ2v) is 6.45. The van der Waals surface area contributed by atoms with Crippen molar-refractivity contribution in [3.63, 3.8) is 0 Å². The molecule has 6 heteroatoms. The second kappa shape index (κ2) is 6.74. The fourth-order valence-corrected chi connectivity index (χ4v) is 3.41. The molecule has 0 radical (unpaired) electrons. The summed E-state index contributed by atoms with van der Waals surface area (Å²) in [6.07, 6.45) is 3.66. The molecule has 23 heavy (non-hydrogen) atoms. The molecule has 0 N–H and O–H groups in total. The molecule has 2 aliphatic rings. The third kappa shape index (κ3) is 3.27. The molecule has 2 aliphatic heterocycles. The zero-order valence-corrected chi connectivity index (χ0v) is 14.0. The van der Waals surface area contributed by atoms with Gasteiger partial charge in [-0.15, -0.1) is 0 Å². The molecule has 6 nitrogen and oxygen atoms in total. The van der Waals surface area contributed by atoms with Gasteiger partial charge < -0.3 is 19.1 Å². The number of aromatic nitrogens is 1. The molecule has 0 spiro atoms. The van der Waals surface area contributed by atoms with Crippen LogP contribution in [-0.2, 0) is 16.6 Å². The number of carbonyl (C=O) groups is 2. The summed E-state index contributed by atoms with van der Waals surface area (Å²) in [5.74, 6) is 0.146. The van der Waals surface area contributed by atoms with Crippen LogP contribution in [-0.4, -0.2) is 65.6 Å². The Morgan fingerprint density at radius 3 is 2.57 bits per heavy atom. The molecule has 0 saturated carbocycles. The van der Waals surface area contributed by atoms with Gasteiger partial charge in [-0.05, 0) is 25.8 Å². The van der Waals surface area contributed by atoms with Gasteiger partial charge in [0.05, 0.1) is 24.7 Å². The summed E-state index contributed by atoms with van der Waals surface area (Å²) in [5, 5.41) is 0. The average Bonchev–Trinajstić information content (AvgIpc) is 2.93. The fourth-order valence-electron chi connectivity index (χ4n) is 3.41. The summed E-state index contributed by atoms with van der Waals surface area (Å²) in [6.45, 7) is 5.79. The van der Waals surface area contributed by atoms with Crippen LogP contribution in [0.3, 0.4) is 0 Å². The van der Waals surface area contributed by atoms with E-state index in [9.17, 15) is 9.59 Å². The van der Waals surface area contributed by atoms with Crippen molar-refractivity contribution in [1.82, 2.24) is 14.4 Å². The van der Waals surface area contributed by atoms with E-state index in [0.29, 0.717) is 32.8 Å². The lowest BCUT2D eigenvalue weighted by molar-refractivity contribution is -0.141. The first kappa shape index (κ1) is 16.1. The highest BCUT2D eigenvalue weighted by atomic mass is 16.5. The van der Waals surface area contributed by atoms with E-state index in [2.05, 4.69) is 0 Å². The zero-order valence-electron chi connectivity index (χ0n) is 14.0. The van der Waals surface area contributed by atoms with Crippen molar-refractivity contribution in [3.05, 3.63) is 23.5 Å². The van der Waals surface area contributed by atoms with Crippen LogP contribution in [0.1, 0.15) is 28.9 Å². The van der Waals surface area contributed by atoms with E-state index in [1.165, 1.54) is 0 Å². The van der Waals surface area contributed by atoms with E-state index in [0.717, 1.165) is 30.6 Å². The number of rotatable bonds is 2. The number of carbonyl (C=O) groups excluding carboxylic acids is 2. The van der Waals surface area contributed by atoms with Crippen LogP contribution in [0.4, 0.5) is 0 Å². The van der Waals surface area contributed by atoms with Crippen LogP contribution in [0.25, 0.3) is 0 Å². The normalized spacial score (nSPS) is 22.3. The number of morpholine rings is 1. The van der Waals surface area contributed by atoms with Gasteiger partial charge in [-0.25, -0.2) is 0 Å². The maximum Gasteiger partial charge on any atom is 0.255 e. The van der Waals surface area contributed by atoms with Crippen LogP contribution >= 0.6 is 0 Å². The number of aryl methyl sites for hydroxylation is 1. The molecule has 2 amide bonds. The van der Waals surface area contributed by atoms with Gasteiger partial charge >= 0.3 is 0 Å². The van der Waals surface area contributed by atoms with Gasteiger partial charge in [0.1, 0.15) is 0 Å². The van der Waals surface area contributed by atoms with Gasteiger partial charge in [-0.1, -0.05) is 0 Å². The summed E-state index contributed by atoms with van der Waals surface area (Å²) in [7, 11) is 1.94. The standard InChI is InChI=1S/C17H25N3O3/c1-13-15(5-7-18(13)2)17(22)20-6-3-4-14(12-20)16(21)19-8-10-23-11-9-19/h5,7,14H,3-4,6,8-12H2,1-2H3. The number of hydrogen-bond acceptors (Lipinski definition) is 3. The monoisotopic (exact) mass is 319 g/mol. The Morgan fingerprint density at radius 2 is 1.91 bits per heavy atom. The van der Waals surface area contributed by atoms with Crippen molar-refractivity contribution in [1.29, 1.82) is 0 Å². The van der Waals surface area contributed by atoms with E-state index < -0.39 is 0 Å². The largest absolute Gasteiger partial charge is 0.378 e. The minimum Gasteiger partial charge on any atom is -0.378 e.